The molecular formula is C15H7Cl2NO4. The molecule has 0 radical (unpaired) electrons. The first-order valence-corrected chi connectivity index (χ1v) is 6.87. The monoisotopic (exact) mass is 335 g/mol. The molecule has 1 aliphatic rings. The van der Waals surface area contributed by atoms with Gasteiger partial charge in [0, 0.05) is 0 Å². The molecule has 1 aliphatic heterocycles. The van der Waals surface area contributed by atoms with Crippen LogP contribution < -0.4 is 4.90 Å². The summed E-state index contributed by atoms with van der Waals surface area (Å²) in [6.07, 6.45) is 0. The van der Waals surface area contributed by atoms with Gasteiger partial charge < -0.3 is 5.11 Å². The summed E-state index contributed by atoms with van der Waals surface area (Å²) in [5.74, 6) is -2.51. The highest BCUT2D eigenvalue weighted by Crippen LogP contribution is 2.35. The molecule has 3 rings (SSSR count). The van der Waals surface area contributed by atoms with Crippen LogP contribution in [0.15, 0.2) is 36.4 Å². The number of hydrogen-bond donors (Lipinski definition) is 1. The zero-order chi connectivity index (χ0) is 16.0. The van der Waals surface area contributed by atoms with E-state index in [2.05, 4.69) is 0 Å². The summed E-state index contributed by atoms with van der Waals surface area (Å²) in [6, 6.07) is 8.59. The fourth-order valence-corrected chi connectivity index (χ4v) is 2.62. The molecule has 2 aromatic rings. The lowest BCUT2D eigenvalue weighted by atomic mass is 10.1. The molecule has 0 aromatic heterocycles. The summed E-state index contributed by atoms with van der Waals surface area (Å²) in [5.41, 5.74) is 0.0572. The third-order valence-corrected chi connectivity index (χ3v) is 4.03. The van der Waals surface area contributed by atoms with Crippen molar-refractivity contribution in [1.82, 2.24) is 0 Å². The number of rotatable bonds is 2. The molecule has 0 fully saturated rings. The van der Waals surface area contributed by atoms with Crippen molar-refractivity contribution < 1.29 is 19.5 Å². The molecule has 2 amide bonds. The highest BCUT2D eigenvalue weighted by atomic mass is 35.5. The number of carbonyl (C=O) groups is 3. The standard InChI is InChI=1S/C15H7Cl2NO4/c16-10-5-9(15(21)22)12(6-11(10)17)18-13(19)7-3-1-2-4-8(7)14(18)20/h1-6H,(H,21,22). The van der Waals surface area contributed by atoms with Crippen molar-refractivity contribution in [2.45, 2.75) is 0 Å². The molecule has 0 saturated heterocycles. The minimum Gasteiger partial charge on any atom is -0.478 e. The molecule has 22 heavy (non-hydrogen) atoms. The van der Waals surface area contributed by atoms with Crippen molar-refractivity contribution in [1.29, 1.82) is 0 Å². The van der Waals surface area contributed by atoms with E-state index in [9.17, 15) is 19.5 Å². The second-order valence-corrected chi connectivity index (χ2v) is 5.39. The lowest BCUT2D eigenvalue weighted by Gasteiger charge is -2.17. The molecule has 1 N–H and O–H groups in total. The van der Waals surface area contributed by atoms with E-state index in [4.69, 9.17) is 23.2 Å². The first-order valence-electron chi connectivity index (χ1n) is 6.12. The minimum absolute atomic E-state index is 0.0272. The topological polar surface area (TPSA) is 74.7 Å². The number of carboxylic acids is 1. The molecule has 0 saturated carbocycles. The Labute approximate surface area is 134 Å². The zero-order valence-corrected chi connectivity index (χ0v) is 12.4. The van der Waals surface area contributed by atoms with Gasteiger partial charge in [-0.3, -0.25) is 9.59 Å². The van der Waals surface area contributed by atoms with E-state index in [-0.39, 0.29) is 32.4 Å². The van der Waals surface area contributed by atoms with Gasteiger partial charge >= 0.3 is 5.97 Å². The van der Waals surface area contributed by atoms with Crippen LogP contribution in [0.5, 0.6) is 0 Å². The zero-order valence-electron chi connectivity index (χ0n) is 10.8. The number of carbonyl (C=O) groups excluding carboxylic acids is 2. The molecule has 0 aliphatic carbocycles. The summed E-state index contributed by atoms with van der Waals surface area (Å²) < 4.78 is 0. The number of carboxylic acid groups (broad SMARTS) is 1. The second kappa shape index (κ2) is 5.12. The quantitative estimate of drug-likeness (QED) is 0.852. The van der Waals surface area contributed by atoms with Gasteiger partial charge in [-0.25, -0.2) is 9.69 Å². The summed E-state index contributed by atoms with van der Waals surface area (Å²) >= 11 is 11.7. The Balaban J connectivity index is 2.22. The molecule has 110 valence electrons. The number of halogens is 2. The minimum atomic E-state index is -1.31. The lowest BCUT2D eigenvalue weighted by Crippen LogP contribution is -2.31. The number of aromatic carboxylic acids is 1. The van der Waals surface area contributed by atoms with E-state index in [1.807, 2.05) is 0 Å². The SMILES string of the molecule is O=C(O)c1cc(Cl)c(Cl)cc1N1C(=O)c2ccccc2C1=O. The van der Waals surface area contributed by atoms with Gasteiger partial charge in [-0.05, 0) is 24.3 Å². The van der Waals surface area contributed by atoms with E-state index < -0.39 is 17.8 Å². The predicted molar refractivity (Wildman–Crippen MR) is 81.0 cm³/mol. The van der Waals surface area contributed by atoms with E-state index in [0.29, 0.717) is 0 Å². The summed E-state index contributed by atoms with van der Waals surface area (Å²) in [5, 5.41) is 9.36. The van der Waals surface area contributed by atoms with Crippen molar-refractivity contribution in [2.75, 3.05) is 4.90 Å². The van der Waals surface area contributed by atoms with E-state index in [1.165, 1.54) is 18.2 Å². The van der Waals surface area contributed by atoms with Crippen LogP contribution in [0.2, 0.25) is 10.0 Å². The normalized spacial score (nSPS) is 13.5. The molecule has 0 bridgehead atoms. The Hall–Kier alpha value is -2.37. The van der Waals surface area contributed by atoms with E-state index in [1.54, 1.807) is 12.1 Å². The molecule has 0 unspecified atom stereocenters. The van der Waals surface area contributed by atoms with Gasteiger partial charge in [0.1, 0.15) is 0 Å². The number of imide groups is 1. The average molecular weight is 336 g/mol. The Morgan fingerprint density at radius 1 is 0.955 bits per heavy atom. The Morgan fingerprint density at radius 2 is 1.45 bits per heavy atom. The first-order chi connectivity index (χ1) is 10.4. The number of hydrogen-bond acceptors (Lipinski definition) is 3. The maximum Gasteiger partial charge on any atom is 0.337 e. The molecule has 2 aromatic carbocycles. The van der Waals surface area contributed by atoms with Crippen LogP contribution in [0, 0.1) is 0 Å². The van der Waals surface area contributed by atoms with Crippen molar-refractivity contribution in [3.63, 3.8) is 0 Å². The van der Waals surface area contributed by atoms with Crippen LogP contribution in [0.3, 0.4) is 0 Å². The Bertz CT molecular complexity index is 812. The number of benzene rings is 2. The number of anilines is 1. The molecule has 0 spiro atoms. The number of amides is 2. The molecule has 7 heteroatoms. The maximum absolute atomic E-state index is 12.4. The Morgan fingerprint density at radius 3 is 1.95 bits per heavy atom. The number of fused-ring (bicyclic) bond motifs is 1. The maximum atomic E-state index is 12.4. The van der Waals surface area contributed by atoms with Gasteiger partial charge in [0.2, 0.25) is 0 Å². The van der Waals surface area contributed by atoms with Gasteiger partial charge in [0.15, 0.2) is 0 Å². The molecule has 1 heterocycles. The van der Waals surface area contributed by atoms with Gasteiger partial charge in [-0.1, -0.05) is 35.3 Å². The van der Waals surface area contributed by atoms with Gasteiger partial charge in [0.25, 0.3) is 11.8 Å². The second-order valence-electron chi connectivity index (χ2n) is 4.58. The fourth-order valence-electron chi connectivity index (χ4n) is 2.30. The van der Waals surface area contributed by atoms with Crippen LogP contribution in [-0.4, -0.2) is 22.9 Å². The van der Waals surface area contributed by atoms with Crippen molar-refractivity contribution >= 4 is 46.7 Å². The molecular weight excluding hydrogens is 329 g/mol. The van der Waals surface area contributed by atoms with E-state index in [0.717, 1.165) is 11.0 Å². The third kappa shape index (κ3) is 2.06. The summed E-state index contributed by atoms with van der Waals surface area (Å²) in [4.78, 5) is 37.0. The van der Waals surface area contributed by atoms with Crippen LogP contribution >= 0.6 is 23.2 Å². The average Bonchev–Trinajstić information content (AvgIpc) is 2.74. The first kappa shape index (κ1) is 14.6. The largest absolute Gasteiger partial charge is 0.478 e. The third-order valence-electron chi connectivity index (χ3n) is 3.30. The van der Waals surface area contributed by atoms with E-state index >= 15 is 0 Å². The smallest absolute Gasteiger partial charge is 0.337 e. The van der Waals surface area contributed by atoms with Gasteiger partial charge in [-0.2, -0.15) is 0 Å². The lowest BCUT2D eigenvalue weighted by molar-refractivity contribution is 0.0698. The highest BCUT2D eigenvalue weighted by Gasteiger charge is 2.38. The summed E-state index contributed by atoms with van der Waals surface area (Å²) in [6.45, 7) is 0. The van der Waals surface area contributed by atoms with Crippen molar-refractivity contribution in [3.8, 4) is 0 Å². The van der Waals surface area contributed by atoms with Crippen LogP contribution in [0.4, 0.5) is 5.69 Å². The predicted octanol–water partition coefficient (Wildman–Crippen LogP) is 3.49. The summed E-state index contributed by atoms with van der Waals surface area (Å²) in [7, 11) is 0. The van der Waals surface area contributed by atoms with Gasteiger partial charge in [0.05, 0.1) is 32.4 Å². The van der Waals surface area contributed by atoms with Crippen molar-refractivity contribution in [2.24, 2.45) is 0 Å². The molecule has 0 atom stereocenters. The van der Waals surface area contributed by atoms with Crippen molar-refractivity contribution in [3.05, 3.63) is 63.1 Å². The molecule has 5 nitrogen and oxygen atoms in total. The van der Waals surface area contributed by atoms with Gasteiger partial charge in [-0.15, -0.1) is 0 Å². The number of nitrogens with zero attached hydrogens (tertiary/aromatic N) is 1. The van der Waals surface area contributed by atoms with Crippen LogP contribution in [-0.2, 0) is 0 Å². The van der Waals surface area contributed by atoms with Crippen LogP contribution in [0.1, 0.15) is 31.1 Å². The van der Waals surface area contributed by atoms with Crippen LogP contribution in [0.25, 0.3) is 0 Å². The Kier molecular flexibility index (Phi) is 3.39. The highest BCUT2D eigenvalue weighted by molar-refractivity contribution is 6.43. The fraction of sp³-hybridized carbons (Fsp3) is 0.